The maximum absolute atomic E-state index is 3.99. The molecular formula is C22H40. The summed E-state index contributed by atoms with van der Waals surface area (Å²) in [6.07, 6.45) is 18.4. The molecule has 0 nitrogen and oxygen atoms in total. The summed E-state index contributed by atoms with van der Waals surface area (Å²) in [5.74, 6) is 5.86. The Bertz CT molecular complexity index is 302. The second kappa shape index (κ2) is 9.14. The lowest BCUT2D eigenvalue weighted by atomic mass is 9.67. The molecule has 0 amide bonds. The molecule has 2 unspecified atom stereocenters. The Balaban J connectivity index is 1.68. The van der Waals surface area contributed by atoms with Gasteiger partial charge in [-0.25, -0.2) is 0 Å². The lowest BCUT2D eigenvalue weighted by Gasteiger charge is -2.39. The van der Waals surface area contributed by atoms with Crippen molar-refractivity contribution in [2.24, 2.45) is 35.5 Å². The van der Waals surface area contributed by atoms with Crippen LogP contribution in [0.5, 0.6) is 0 Å². The monoisotopic (exact) mass is 304 g/mol. The molecule has 2 fully saturated rings. The zero-order chi connectivity index (χ0) is 15.9. The van der Waals surface area contributed by atoms with Gasteiger partial charge in [-0.1, -0.05) is 39.7 Å². The summed E-state index contributed by atoms with van der Waals surface area (Å²) in [6.45, 7) is 11.3. The molecule has 0 heteroatoms. The lowest BCUT2D eigenvalue weighted by molar-refractivity contribution is 0.128. The minimum absolute atomic E-state index is 0.753. The highest BCUT2D eigenvalue weighted by Gasteiger charge is 2.31. The quantitative estimate of drug-likeness (QED) is 0.434. The molecule has 0 bridgehead atoms. The standard InChI is InChI=1S/C22H40/c1-5-19(6-2)10-9-18(4)20-13-15-22(16-14-20)21-11-7-17(3)8-12-21/h5,17-22H,1,6-16H2,2-4H3. The SMILES string of the molecule is C=CC(CC)CCC(C)C1CCC(C2CCC(C)CC2)CC1. The average Bonchev–Trinajstić information content (AvgIpc) is 2.56. The van der Waals surface area contributed by atoms with Crippen molar-refractivity contribution in [2.45, 2.75) is 91.4 Å². The number of rotatable bonds is 7. The van der Waals surface area contributed by atoms with Crippen LogP contribution in [0.3, 0.4) is 0 Å². The van der Waals surface area contributed by atoms with E-state index < -0.39 is 0 Å². The predicted octanol–water partition coefficient (Wildman–Crippen LogP) is 7.25. The van der Waals surface area contributed by atoms with Gasteiger partial charge in [0.1, 0.15) is 0 Å². The molecular weight excluding hydrogens is 264 g/mol. The van der Waals surface area contributed by atoms with E-state index in [4.69, 9.17) is 0 Å². The van der Waals surface area contributed by atoms with Crippen LogP contribution in [-0.2, 0) is 0 Å². The first-order chi connectivity index (χ1) is 10.6. The predicted molar refractivity (Wildman–Crippen MR) is 98.9 cm³/mol. The van der Waals surface area contributed by atoms with Crippen molar-refractivity contribution in [2.75, 3.05) is 0 Å². The molecule has 0 spiro atoms. The highest BCUT2D eigenvalue weighted by Crippen LogP contribution is 2.43. The molecule has 0 heterocycles. The Labute approximate surface area is 140 Å². The second-order valence-corrected chi connectivity index (χ2v) is 8.65. The highest BCUT2D eigenvalue weighted by atomic mass is 14.4. The van der Waals surface area contributed by atoms with Gasteiger partial charge in [0.25, 0.3) is 0 Å². The molecule has 0 saturated heterocycles. The van der Waals surface area contributed by atoms with Gasteiger partial charge in [0.2, 0.25) is 0 Å². The summed E-state index contributed by atoms with van der Waals surface area (Å²) in [6, 6.07) is 0. The van der Waals surface area contributed by atoms with Gasteiger partial charge in [-0.3, -0.25) is 0 Å². The maximum Gasteiger partial charge on any atom is -0.0239 e. The van der Waals surface area contributed by atoms with Gasteiger partial charge in [0.15, 0.2) is 0 Å². The zero-order valence-electron chi connectivity index (χ0n) is 15.5. The second-order valence-electron chi connectivity index (χ2n) is 8.65. The van der Waals surface area contributed by atoms with Crippen molar-refractivity contribution >= 4 is 0 Å². The molecule has 2 aliphatic carbocycles. The van der Waals surface area contributed by atoms with E-state index in [0.717, 1.165) is 35.5 Å². The van der Waals surface area contributed by atoms with Crippen LogP contribution in [-0.4, -0.2) is 0 Å². The van der Waals surface area contributed by atoms with E-state index >= 15 is 0 Å². The molecule has 0 radical (unpaired) electrons. The average molecular weight is 305 g/mol. The Hall–Kier alpha value is -0.260. The van der Waals surface area contributed by atoms with Crippen LogP contribution in [0.4, 0.5) is 0 Å². The van der Waals surface area contributed by atoms with Gasteiger partial charge in [-0.2, -0.15) is 0 Å². The zero-order valence-corrected chi connectivity index (χ0v) is 15.5. The van der Waals surface area contributed by atoms with E-state index in [1.165, 1.54) is 70.6 Å². The molecule has 2 rings (SSSR count). The van der Waals surface area contributed by atoms with Crippen molar-refractivity contribution in [1.82, 2.24) is 0 Å². The molecule has 2 saturated carbocycles. The Morgan fingerprint density at radius 2 is 1.45 bits per heavy atom. The number of hydrogen-bond acceptors (Lipinski definition) is 0. The van der Waals surface area contributed by atoms with E-state index in [-0.39, 0.29) is 0 Å². The third kappa shape index (κ3) is 5.14. The molecule has 2 aliphatic rings. The van der Waals surface area contributed by atoms with E-state index in [2.05, 4.69) is 33.4 Å². The van der Waals surface area contributed by atoms with Crippen molar-refractivity contribution in [3.63, 3.8) is 0 Å². The normalized spacial score (nSPS) is 35.8. The van der Waals surface area contributed by atoms with E-state index in [0.29, 0.717) is 0 Å². The summed E-state index contributed by atoms with van der Waals surface area (Å²) in [5, 5.41) is 0. The van der Waals surface area contributed by atoms with Crippen LogP contribution >= 0.6 is 0 Å². The Kier molecular flexibility index (Phi) is 7.51. The molecule has 2 atom stereocenters. The van der Waals surface area contributed by atoms with Gasteiger partial charge in [0, 0.05) is 0 Å². The smallest absolute Gasteiger partial charge is 0.0239 e. The molecule has 0 aliphatic heterocycles. The topological polar surface area (TPSA) is 0 Å². The van der Waals surface area contributed by atoms with Gasteiger partial charge in [0.05, 0.1) is 0 Å². The van der Waals surface area contributed by atoms with E-state index in [1.54, 1.807) is 0 Å². The van der Waals surface area contributed by atoms with Crippen LogP contribution in [0.15, 0.2) is 12.7 Å². The van der Waals surface area contributed by atoms with Crippen LogP contribution in [0.25, 0.3) is 0 Å². The molecule has 22 heavy (non-hydrogen) atoms. The summed E-state index contributed by atoms with van der Waals surface area (Å²) in [7, 11) is 0. The van der Waals surface area contributed by atoms with Crippen LogP contribution in [0, 0.1) is 35.5 Å². The lowest BCUT2D eigenvalue weighted by Crippen LogP contribution is -2.27. The third-order valence-corrected chi connectivity index (χ3v) is 7.20. The minimum atomic E-state index is 0.753. The number of allylic oxidation sites excluding steroid dienone is 1. The summed E-state index contributed by atoms with van der Waals surface area (Å²) < 4.78 is 0. The summed E-state index contributed by atoms with van der Waals surface area (Å²) in [4.78, 5) is 0. The molecule has 0 aromatic heterocycles. The summed E-state index contributed by atoms with van der Waals surface area (Å²) >= 11 is 0. The van der Waals surface area contributed by atoms with Crippen molar-refractivity contribution in [3.8, 4) is 0 Å². The van der Waals surface area contributed by atoms with Gasteiger partial charge < -0.3 is 0 Å². The largest absolute Gasteiger partial charge is 0.103 e. The van der Waals surface area contributed by atoms with Crippen LogP contribution < -0.4 is 0 Å². The maximum atomic E-state index is 3.99. The van der Waals surface area contributed by atoms with E-state index in [9.17, 15) is 0 Å². The van der Waals surface area contributed by atoms with Crippen LogP contribution in [0.1, 0.15) is 91.4 Å². The minimum Gasteiger partial charge on any atom is -0.103 e. The van der Waals surface area contributed by atoms with Gasteiger partial charge in [-0.15, -0.1) is 6.58 Å². The first kappa shape index (κ1) is 18.1. The van der Waals surface area contributed by atoms with Gasteiger partial charge in [-0.05, 0) is 93.3 Å². The number of hydrogen-bond donors (Lipinski definition) is 0. The summed E-state index contributed by atoms with van der Waals surface area (Å²) in [5.41, 5.74) is 0. The van der Waals surface area contributed by atoms with Crippen molar-refractivity contribution < 1.29 is 0 Å². The Morgan fingerprint density at radius 1 is 0.909 bits per heavy atom. The van der Waals surface area contributed by atoms with Crippen LogP contribution in [0.2, 0.25) is 0 Å². The molecule has 0 N–H and O–H groups in total. The molecule has 0 aromatic carbocycles. The molecule has 0 aromatic rings. The molecule has 128 valence electrons. The van der Waals surface area contributed by atoms with Crippen molar-refractivity contribution in [3.05, 3.63) is 12.7 Å². The fourth-order valence-corrected chi connectivity index (χ4v) is 5.14. The van der Waals surface area contributed by atoms with Gasteiger partial charge >= 0.3 is 0 Å². The highest BCUT2D eigenvalue weighted by molar-refractivity contribution is 4.84. The van der Waals surface area contributed by atoms with Crippen molar-refractivity contribution in [1.29, 1.82) is 0 Å². The fraction of sp³-hybridized carbons (Fsp3) is 0.909. The van der Waals surface area contributed by atoms with E-state index in [1.807, 2.05) is 0 Å². The first-order valence-corrected chi connectivity index (χ1v) is 10.3. The fourth-order valence-electron chi connectivity index (χ4n) is 5.14. The Morgan fingerprint density at radius 3 is 1.95 bits per heavy atom. The first-order valence-electron chi connectivity index (χ1n) is 10.3. The third-order valence-electron chi connectivity index (χ3n) is 7.20.